The van der Waals surface area contributed by atoms with Gasteiger partial charge in [-0.25, -0.2) is 9.67 Å². The summed E-state index contributed by atoms with van der Waals surface area (Å²) in [7, 11) is 0. The average Bonchev–Trinajstić information content (AvgIpc) is 3.41. The first-order chi connectivity index (χ1) is 12.3. The molecule has 1 atom stereocenters. The molecule has 7 heteroatoms. The van der Waals surface area contributed by atoms with Crippen LogP contribution in [0.15, 0.2) is 67.6 Å². The molecule has 1 aromatic carbocycles. The summed E-state index contributed by atoms with van der Waals surface area (Å²) in [5, 5.41) is 13.0. The number of benzene rings is 1. The van der Waals surface area contributed by atoms with Crippen LogP contribution in [-0.2, 0) is 13.1 Å². The fourth-order valence-electron chi connectivity index (χ4n) is 2.84. The van der Waals surface area contributed by atoms with E-state index in [-0.39, 0.29) is 6.04 Å². The molecule has 0 N–H and O–H groups in total. The molecule has 1 unspecified atom stereocenters. The van der Waals surface area contributed by atoms with E-state index in [0.29, 0.717) is 0 Å². The van der Waals surface area contributed by atoms with Crippen LogP contribution >= 0.6 is 0 Å². The van der Waals surface area contributed by atoms with Gasteiger partial charge in [-0.2, -0.15) is 5.10 Å². The Hall–Kier alpha value is -3.22. The molecule has 4 rings (SSSR count). The van der Waals surface area contributed by atoms with Gasteiger partial charge in [0, 0.05) is 30.7 Å². The van der Waals surface area contributed by atoms with Gasteiger partial charge in [0.15, 0.2) is 0 Å². The van der Waals surface area contributed by atoms with E-state index in [4.69, 9.17) is 0 Å². The smallest absolute Gasteiger partial charge is 0.116 e. The van der Waals surface area contributed by atoms with Crippen molar-refractivity contribution in [2.24, 2.45) is 0 Å². The fraction of sp³-hybridized carbons (Fsp3) is 0.222. The Morgan fingerprint density at radius 2 is 2.00 bits per heavy atom. The minimum absolute atomic E-state index is 0.0397. The lowest BCUT2D eigenvalue weighted by atomic mass is 10.1. The molecule has 7 nitrogen and oxygen atoms in total. The van der Waals surface area contributed by atoms with Crippen molar-refractivity contribution in [3.8, 4) is 11.3 Å². The summed E-state index contributed by atoms with van der Waals surface area (Å²) in [6, 6.07) is 10.4. The Kier molecular flexibility index (Phi) is 4.12. The molecule has 0 amide bonds. The van der Waals surface area contributed by atoms with E-state index in [1.54, 1.807) is 6.20 Å². The van der Waals surface area contributed by atoms with E-state index < -0.39 is 0 Å². The second-order valence-electron chi connectivity index (χ2n) is 5.85. The van der Waals surface area contributed by atoms with Gasteiger partial charge < -0.3 is 4.57 Å². The summed E-state index contributed by atoms with van der Waals surface area (Å²) in [5.41, 5.74) is 2.98. The molecule has 3 heterocycles. The van der Waals surface area contributed by atoms with Crippen LogP contribution in [0.5, 0.6) is 0 Å². The van der Waals surface area contributed by atoms with Crippen molar-refractivity contribution in [3.05, 3.63) is 73.2 Å². The molecular weight excluding hydrogens is 314 g/mol. The molecule has 0 radical (unpaired) electrons. The van der Waals surface area contributed by atoms with Gasteiger partial charge >= 0.3 is 0 Å². The molecule has 0 aliphatic heterocycles. The number of hydrogen-bond acceptors (Lipinski definition) is 4. The van der Waals surface area contributed by atoms with Crippen LogP contribution in [0, 0.1) is 0 Å². The maximum atomic E-state index is 4.38. The van der Waals surface area contributed by atoms with Crippen molar-refractivity contribution < 1.29 is 0 Å². The fourth-order valence-corrected chi connectivity index (χ4v) is 2.84. The first-order valence-electron chi connectivity index (χ1n) is 8.29. The van der Waals surface area contributed by atoms with Crippen molar-refractivity contribution >= 4 is 0 Å². The van der Waals surface area contributed by atoms with Crippen molar-refractivity contribution in [2.45, 2.75) is 26.1 Å². The second-order valence-corrected chi connectivity index (χ2v) is 5.85. The van der Waals surface area contributed by atoms with E-state index >= 15 is 0 Å². The highest BCUT2D eigenvalue weighted by atomic mass is 15.4. The van der Waals surface area contributed by atoms with Crippen LogP contribution in [-0.4, -0.2) is 34.3 Å². The van der Waals surface area contributed by atoms with Crippen LogP contribution in [0.3, 0.4) is 0 Å². The van der Waals surface area contributed by atoms with Crippen LogP contribution in [0.4, 0.5) is 0 Å². The zero-order valence-electron chi connectivity index (χ0n) is 14.0. The Bertz CT molecular complexity index is 921. The highest BCUT2D eigenvalue weighted by molar-refractivity contribution is 5.55. The number of aryl methyl sites for hydroxylation is 1. The largest absolute Gasteiger partial charge is 0.335 e. The van der Waals surface area contributed by atoms with E-state index in [2.05, 4.69) is 39.5 Å². The van der Waals surface area contributed by atoms with Crippen molar-refractivity contribution in [1.82, 2.24) is 34.3 Å². The lowest BCUT2D eigenvalue weighted by Crippen LogP contribution is -2.17. The summed E-state index contributed by atoms with van der Waals surface area (Å²) in [6.07, 6.45) is 11.4. The van der Waals surface area contributed by atoms with Gasteiger partial charge in [0.25, 0.3) is 0 Å². The summed E-state index contributed by atoms with van der Waals surface area (Å²) in [6.45, 7) is 3.63. The minimum Gasteiger partial charge on any atom is -0.335 e. The second kappa shape index (κ2) is 6.72. The Labute approximate surface area is 145 Å². The number of rotatable bonds is 6. The normalized spacial score (nSPS) is 12.4. The maximum Gasteiger partial charge on any atom is 0.116 e. The van der Waals surface area contributed by atoms with Crippen LogP contribution in [0.1, 0.15) is 18.5 Å². The third-order valence-corrected chi connectivity index (χ3v) is 4.21. The molecular formula is C18H19N7. The highest BCUT2D eigenvalue weighted by Crippen LogP contribution is 2.22. The van der Waals surface area contributed by atoms with Gasteiger partial charge in [-0.15, -0.1) is 5.10 Å². The molecule has 0 spiro atoms. The Balaban J connectivity index is 1.67. The topological polar surface area (TPSA) is 66.3 Å². The third-order valence-electron chi connectivity index (χ3n) is 4.21. The lowest BCUT2D eigenvalue weighted by molar-refractivity contribution is 0.443. The highest BCUT2D eigenvalue weighted by Gasteiger charge is 2.17. The Morgan fingerprint density at radius 1 is 1.12 bits per heavy atom. The van der Waals surface area contributed by atoms with Gasteiger partial charge in [0.2, 0.25) is 0 Å². The van der Waals surface area contributed by atoms with E-state index in [9.17, 15) is 0 Å². The first kappa shape index (κ1) is 15.3. The average molecular weight is 333 g/mol. The van der Waals surface area contributed by atoms with E-state index in [1.165, 1.54) is 5.56 Å². The molecule has 4 aromatic rings. The van der Waals surface area contributed by atoms with Crippen LogP contribution < -0.4 is 0 Å². The lowest BCUT2D eigenvalue weighted by Gasteiger charge is -2.17. The van der Waals surface area contributed by atoms with Gasteiger partial charge in [-0.05, 0) is 12.5 Å². The molecule has 0 saturated heterocycles. The standard InChI is InChI=1S/C18H19N7/c1-2-24-11-16(10-20-24)17-12-25(22-21-17)18(13-23-9-8-19-14-23)15-6-4-3-5-7-15/h3-12,14,18H,2,13H2,1H3. The molecule has 0 aliphatic rings. The third kappa shape index (κ3) is 3.21. The van der Waals surface area contributed by atoms with Crippen molar-refractivity contribution in [1.29, 1.82) is 0 Å². The maximum absolute atomic E-state index is 4.38. The van der Waals surface area contributed by atoms with Gasteiger partial charge in [0.05, 0.1) is 31.3 Å². The number of imidazole rings is 1. The molecule has 0 bridgehead atoms. The monoisotopic (exact) mass is 333 g/mol. The first-order valence-corrected chi connectivity index (χ1v) is 8.29. The molecule has 0 aliphatic carbocycles. The Morgan fingerprint density at radius 3 is 2.72 bits per heavy atom. The predicted molar refractivity (Wildman–Crippen MR) is 93.7 cm³/mol. The van der Waals surface area contributed by atoms with E-state index in [1.807, 2.05) is 63.2 Å². The SMILES string of the molecule is CCn1cc(-c2cn(C(Cn3ccnc3)c3ccccc3)nn2)cn1. The molecule has 3 aromatic heterocycles. The zero-order valence-corrected chi connectivity index (χ0v) is 14.0. The summed E-state index contributed by atoms with van der Waals surface area (Å²) in [5.74, 6) is 0. The van der Waals surface area contributed by atoms with Crippen molar-refractivity contribution in [2.75, 3.05) is 0 Å². The number of hydrogen-bond donors (Lipinski definition) is 0. The predicted octanol–water partition coefficient (Wildman–Crippen LogP) is 2.65. The zero-order chi connectivity index (χ0) is 17.1. The summed E-state index contributed by atoms with van der Waals surface area (Å²) >= 11 is 0. The summed E-state index contributed by atoms with van der Waals surface area (Å²) < 4.78 is 5.84. The van der Waals surface area contributed by atoms with E-state index in [0.717, 1.165) is 24.3 Å². The van der Waals surface area contributed by atoms with Gasteiger partial charge in [-0.1, -0.05) is 35.5 Å². The molecule has 0 saturated carbocycles. The van der Waals surface area contributed by atoms with Gasteiger partial charge in [-0.3, -0.25) is 4.68 Å². The van der Waals surface area contributed by atoms with Crippen LogP contribution in [0.2, 0.25) is 0 Å². The molecule has 25 heavy (non-hydrogen) atoms. The minimum atomic E-state index is 0.0397. The summed E-state index contributed by atoms with van der Waals surface area (Å²) in [4.78, 5) is 4.13. The number of aromatic nitrogens is 7. The van der Waals surface area contributed by atoms with Crippen LogP contribution in [0.25, 0.3) is 11.3 Å². The number of nitrogens with zero attached hydrogens (tertiary/aromatic N) is 7. The molecule has 126 valence electrons. The van der Waals surface area contributed by atoms with Crippen molar-refractivity contribution in [3.63, 3.8) is 0 Å². The molecule has 0 fully saturated rings. The van der Waals surface area contributed by atoms with Gasteiger partial charge in [0.1, 0.15) is 5.69 Å². The quantitative estimate of drug-likeness (QED) is 0.544.